The first-order valence-corrected chi connectivity index (χ1v) is 6.42. The molecule has 0 saturated heterocycles. The topological polar surface area (TPSA) is 46.5 Å². The Balaban J connectivity index is 2.23. The van der Waals surface area contributed by atoms with Gasteiger partial charge in [-0.3, -0.25) is 0 Å². The second-order valence-electron chi connectivity index (χ2n) is 6.05. The van der Waals surface area contributed by atoms with Gasteiger partial charge in [0.25, 0.3) is 0 Å². The Kier molecular flexibility index (Phi) is 2.33. The standard InChI is InChI=1S/C15H18O3/c1-8-10-4-5-18-14(17)11(10)6-9-7-15(2,3)13(16)12(8)9/h6,13,16H,4-5,7H2,1-3H3/t13-/m0/s1. The summed E-state index contributed by atoms with van der Waals surface area (Å²) in [7, 11) is 0. The van der Waals surface area contributed by atoms with E-state index in [-0.39, 0.29) is 11.4 Å². The average Bonchev–Trinajstić information content (AvgIpc) is 2.52. The van der Waals surface area contributed by atoms with Crippen LogP contribution in [0.15, 0.2) is 6.07 Å². The van der Waals surface area contributed by atoms with Crippen molar-refractivity contribution in [3.8, 4) is 0 Å². The fraction of sp³-hybridized carbons (Fsp3) is 0.533. The van der Waals surface area contributed by atoms with Gasteiger partial charge < -0.3 is 9.84 Å². The molecule has 0 radical (unpaired) electrons. The van der Waals surface area contributed by atoms with Crippen LogP contribution in [0.4, 0.5) is 0 Å². The molecule has 1 atom stereocenters. The Bertz CT molecular complexity index is 543. The quantitative estimate of drug-likeness (QED) is 0.715. The molecule has 96 valence electrons. The van der Waals surface area contributed by atoms with Crippen molar-refractivity contribution >= 4 is 5.97 Å². The molecule has 1 heterocycles. The van der Waals surface area contributed by atoms with Crippen molar-refractivity contribution in [3.63, 3.8) is 0 Å². The first kappa shape index (κ1) is 11.7. The summed E-state index contributed by atoms with van der Waals surface area (Å²) < 4.78 is 5.10. The van der Waals surface area contributed by atoms with E-state index in [1.807, 2.05) is 13.0 Å². The van der Waals surface area contributed by atoms with E-state index in [9.17, 15) is 9.90 Å². The fourth-order valence-electron chi connectivity index (χ4n) is 3.28. The number of aliphatic hydroxyl groups excluding tert-OH is 1. The molecule has 0 fully saturated rings. The summed E-state index contributed by atoms with van der Waals surface area (Å²) in [6.07, 6.45) is 1.13. The van der Waals surface area contributed by atoms with Crippen molar-refractivity contribution in [2.24, 2.45) is 5.41 Å². The van der Waals surface area contributed by atoms with Gasteiger partial charge in [-0.15, -0.1) is 0 Å². The van der Waals surface area contributed by atoms with E-state index in [4.69, 9.17) is 4.74 Å². The van der Waals surface area contributed by atoms with Gasteiger partial charge in [-0.25, -0.2) is 4.79 Å². The van der Waals surface area contributed by atoms with Crippen molar-refractivity contribution in [1.82, 2.24) is 0 Å². The number of benzene rings is 1. The van der Waals surface area contributed by atoms with Gasteiger partial charge in [0.05, 0.1) is 18.3 Å². The van der Waals surface area contributed by atoms with Crippen LogP contribution in [0.5, 0.6) is 0 Å². The van der Waals surface area contributed by atoms with Crippen LogP contribution in [0.1, 0.15) is 52.6 Å². The van der Waals surface area contributed by atoms with Crippen molar-refractivity contribution in [1.29, 1.82) is 0 Å². The minimum absolute atomic E-state index is 0.152. The molecule has 0 unspecified atom stereocenters. The number of esters is 1. The zero-order valence-corrected chi connectivity index (χ0v) is 11.0. The SMILES string of the molecule is Cc1c2c(cc3c1[C@H](O)C(C)(C)C3)C(=O)OCC2. The first-order valence-electron chi connectivity index (χ1n) is 6.42. The summed E-state index contributed by atoms with van der Waals surface area (Å²) in [6, 6.07) is 1.93. The van der Waals surface area contributed by atoms with E-state index < -0.39 is 6.10 Å². The highest BCUT2D eigenvalue weighted by Gasteiger charge is 2.40. The van der Waals surface area contributed by atoms with Crippen molar-refractivity contribution in [2.45, 2.75) is 39.7 Å². The number of ether oxygens (including phenoxy) is 1. The highest BCUT2D eigenvalue weighted by atomic mass is 16.5. The maximum Gasteiger partial charge on any atom is 0.338 e. The van der Waals surface area contributed by atoms with Gasteiger partial charge in [0, 0.05) is 6.42 Å². The van der Waals surface area contributed by atoms with Gasteiger partial charge in [-0.05, 0) is 47.1 Å². The first-order chi connectivity index (χ1) is 8.42. The number of aliphatic hydroxyl groups is 1. The Morgan fingerprint density at radius 1 is 1.44 bits per heavy atom. The monoisotopic (exact) mass is 246 g/mol. The van der Waals surface area contributed by atoms with Gasteiger partial charge in [0.15, 0.2) is 0 Å². The summed E-state index contributed by atoms with van der Waals surface area (Å²) in [5.74, 6) is -0.221. The molecular formula is C15H18O3. The van der Waals surface area contributed by atoms with Crippen molar-refractivity contribution in [2.75, 3.05) is 6.61 Å². The molecule has 1 aromatic rings. The lowest BCUT2D eigenvalue weighted by molar-refractivity contribution is 0.0478. The molecule has 1 aliphatic carbocycles. The van der Waals surface area contributed by atoms with Crippen molar-refractivity contribution < 1.29 is 14.6 Å². The van der Waals surface area contributed by atoms with Gasteiger partial charge >= 0.3 is 5.97 Å². The number of carbonyl (C=O) groups excluding carboxylic acids is 1. The number of rotatable bonds is 0. The van der Waals surface area contributed by atoms with Crippen LogP contribution >= 0.6 is 0 Å². The largest absolute Gasteiger partial charge is 0.462 e. The summed E-state index contributed by atoms with van der Waals surface area (Å²) in [4.78, 5) is 11.8. The molecule has 3 rings (SSSR count). The summed E-state index contributed by atoms with van der Waals surface area (Å²) >= 11 is 0. The molecular weight excluding hydrogens is 228 g/mol. The number of hydrogen-bond acceptors (Lipinski definition) is 3. The highest BCUT2D eigenvalue weighted by Crippen LogP contribution is 2.48. The molecule has 0 spiro atoms. The molecule has 3 heteroatoms. The molecule has 1 aliphatic heterocycles. The van der Waals surface area contributed by atoms with E-state index in [1.54, 1.807) is 0 Å². The van der Waals surface area contributed by atoms with Gasteiger partial charge in [0.1, 0.15) is 0 Å². The Labute approximate surface area is 107 Å². The molecule has 1 N–H and O–H groups in total. The number of fused-ring (bicyclic) bond motifs is 2. The fourth-order valence-corrected chi connectivity index (χ4v) is 3.28. The number of carbonyl (C=O) groups is 1. The Morgan fingerprint density at radius 2 is 2.17 bits per heavy atom. The smallest absolute Gasteiger partial charge is 0.338 e. The normalized spacial score (nSPS) is 24.4. The van der Waals surface area contributed by atoms with Gasteiger partial charge in [-0.1, -0.05) is 13.8 Å². The summed E-state index contributed by atoms with van der Waals surface area (Å²) in [6.45, 7) is 6.59. The van der Waals surface area contributed by atoms with Gasteiger partial charge in [-0.2, -0.15) is 0 Å². The maximum absolute atomic E-state index is 11.8. The maximum atomic E-state index is 11.8. The number of cyclic esters (lactones) is 1. The van der Waals surface area contributed by atoms with Crippen LogP contribution in [-0.2, 0) is 17.6 Å². The summed E-state index contributed by atoms with van der Waals surface area (Å²) in [5.41, 5.74) is 4.82. The average molecular weight is 246 g/mol. The zero-order chi connectivity index (χ0) is 13.1. The van der Waals surface area contributed by atoms with Crippen LogP contribution < -0.4 is 0 Å². The lowest BCUT2D eigenvalue weighted by Gasteiger charge is -2.24. The molecule has 0 amide bonds. The zero-order valence-electron chi connectivity index (χ0n) is 11.0. The van der Waals surface area contributed by atoms with Crippen LogP contribution in [0, 0.1) is 12.3 Å². The van der Waals surface area contributed by atoms with E-state index in [0.29, 0.717) is 12.2 Å². The van der Waals surface area contributed by atoms with E-state index >= 15 is 0 Å². The molecule has 18 heavy (non-hydrogen) atoms. The summed E-state index contributed by atoms with van der Waals surface area (Å²) in [5, 5.41) is 10.4. The molecule has 0 saturated carbocycles. The third kappa shape index (κ3) is 1.43. The Hall–Kier alpha value is -1.35. The Morgan fingerprint density at radius 3 is 2.89 bits per heavy atom. The molecule has 0 bridgehead atoms. The van der Waals surface area contributed by atoms with Crippen LogP contribution in [0.25, 0.3) is 0 Å². The second kappa shape index (κ2) is 3.58. The third-order valence-corrected chi connectivity index (χ3v) is 4.31. The minimum Gasteiger partial charge on any atom is -0.462 e. The van der Waals surface area contributed by atoms with E-state index in [0.717, 1.165) is 35.1 Å². The van der Waals surface area contributed by atoms with Crippen LogP contribution in [-0.4, -0.2) is 17.7 Å². The van der Waals surface area contributed by atoms with Crippen molar-refractivity contribution in [3.05, 3.63) is 33.9 Å². The highest BCUT2D eigenvalue weighted by molar-refractivity contribution is 5.93. The number of hydrogen-bond donors (Lipinski definition) is 1. The lowest BCUT2D eigenvalue weighted by atomic mass is 9.86. The molecule has 2 aliphatic rings. The predicted octanol–water partition coefficient (Wildman–Crippen LogP) is 2.32. The predicted molar refractivity (Wildman–Crippen MR) is 67.6 cm³/mol. The molecule has 1 aromatic carbocycles. The van der Waals surface area contributed by atoms with Crippen LogP contribution in [0.2, 0.25) is 0 Å². The van der Waals surface area contributed by atoms with E-state index in [2.05, 4.69) is 13.8 Å². The lowest BCUT2D eigenvalue weighted by Crippen LogP contribution is -2.20. The second-order valence-corrected chi connectivity index (χ2v) is 6.05. The van der Waals surface area contributed by atoms with E-state index in [1.165, 1.54) is 0 Å². The van der Waals surface area contributed by atoms with Gasteiger partial charge in [0.2, 0.25) is 0 Å². The van der Waals surface area contributed by atoms with Crippen LogP contribution in [0.3, 0.4) is 0 Å². The molecule has 3 nitrogen and oxygen atoms in total. The molecule has 0 aromatic heterocycles. The minimum atomic E-state index is -0.434. The third-order valence-electron chi connectivity index (χ3n) is 4.31.